The third-order valence-electron chi connectivity index (χ3n) is 3.26. The zero-order valence-corrected chi connectivity index (χ0v) is 12.3. The van der Waals surface area contributed by atoms with Crippen LogP contribution in [0.15, 0.2) is 48.8 Å². The van der Waals surface area contributed by atoms with Crippen molar-refractivity contribution in [3.8, 4) is 11.3 Å². The van der Waals surface area contributed by atoms with Crippen LogP contribution in [0, 0.1) is 0 Å². The van der Waals surface area contributed by atoms with Crippen LogP contribution in [0.3, 0.4) is 0 Å². The highest BCUT2D eigenvalue weighted by molar-refractivity contribution is 6.30. The average Bonchev–Trinajstić information content (AvgIpc) is 2.82. The first-order valence-electron chi connectivity index (χ1n) is 6.51. The number of hydrogen-bond acceptors (Lipinski definition) is 2. The van der Waals surface area contributed by atoms with Crippen molar-refractivity contribution in [2.45, 2.75) is 6.54 Å². The van der Waals surface area contributed by atoms with Crippen molar-refractivity contribution in [3.63, 3.8) is 0 Å². The Morgan fingerprint density at radius 3 is 2.55 bits per heavy atom. The molecule has 3 rings (SSSR count). The summed E-state index contributed by atoms with van der Waals surface area (Å²) in [6.45, 7) is 0.901. The van der Waals surface area contributed by atoms with E-state index in [4.69, 9.17) is 11.6 Å². The van der Waals surface area contributed by atoms with Gasteiger partial charge in [-0.2, -0.15) is 0 Å². The molecule has 0 amide bonds. The van der Waals surface area contributed by atoms with Crippen LogP contribution in [0.25, 0.3) is 16.8 Å². The maximum atomic E-state index is 5.95. The minimum absolute atomic E-state index is 0.740. The number of hydrogen-bond donors (Lipinski definition) is 0. The van der Waals surface area contributed by atoms with Gasteiger partial charge in [0.05, 0.1) is 11.2 Å². The van der Waals surface area contributed by atoms with Crippen LogP contribution in [-0.4, -0.2) is 28.4 Å². The Bertz CT molecular complexity index is 729. The van der Waals surface area contributed by atoms with E-state index in [0.717, 1.165) is 28.3 Å². The lowest BCUT2D eigenvalue weighted by molar-refractivity contribution is 0.395. The van der Waals surface area contributed by atoms with Gasteiger partial charge in [0.2, 0.25) is 0 Å². The van der Waals surface area contributed by atoms with E-state index in [9.17, 15) is 0 Å². The fourth-order valence-corrected chi connectivity index (χ4v) is 2.51. The van der Waals surface area contributed by atoms with Crippen LogP contribution in [-0.2, 0) is 6.54 Å². The third kappa shape index (κ3) is 2.42. The average molecular weight is 286 g/mol. The first-order valence-corrected chi connectivity index (χ1v) is 6.88. The minimum atomic E-state index is 0.740. The molecule has 4 heteroatoms. The third-order valence-corrected chi connectivity index (χ3v) is 3.51. The summed E-state index contributed by atoms with van der Waals surface area (Å²) in [5, 5.41) is 0.740. The van der Waals surface area contributed by atoms with E-state index in [1.807, 2.05) is 36.7 Å². The van der Waals surface area contributed by atoms with Gasteiger partial charge in [-0.1, -0.05) is 23.7 Å². The van der Waals surface area contributed by atoms with Crippen molar-refractivity contribution in [2.24, 2.45) is 0 Å². The second-order valence-corrected chi connectivity index (χ2v) is 5.54. The van der Waals surface area contributed by atoms with Crippen LogP contribution < -0.4 is 0 Å². The van der Waals surface area contributed by atoms with Gasteiger partial charge < -0.3 is 9.30 Å². The van der Waals surface area contributed by atoms with Gasteiger partial charge in [0.1, 0.15) is 0 Å². The molecular weight excluding hydrogens is 270 g/mol. The molecule has 0 radical (unpaired) electrons. The number of benzene rings is 1. The van der Waals surface area contributed by atoms with E-state index in [0.29, 0.717) is 0 Å². The smallest absolute Gasteiger partial charge is 0.0942 e. The molecule has 2 heterocycles. The summed E-state index contributed by atoms with van der Waals surface area (Å²) in [5.74, 6) is 0. The Labute approximate surface area is 123 Å². The fraction of sp³-hybridized carbons (Fsp3) is 0.188. The second-order valence-electron chi connectivity index (χ2n) is 5.10. The van der Waals surface area contributed by atoms with Crippen molar-refractivity contribution in [1.82, 2.24) is 14.3 Å². The topological polar surface area (TPSA) is 20.5 Å². The zero-order valence-electron chi connectivity index (χ0n) is 11.5. The molecule has 0 aliphatic rings. The largest absolute Gasteiger partial charge is 0.316 e. The molecule has 0 saturated heterocycles. The summed E-state index contributed by atoms with van der Waals surface area (Å²) < 4.78 is 2.19. The maximum Gasteiger partial charge on any atom is 0.0942 e. The zero-order chi connectivity index (χ0) is 14.1. The number of rotatable bonds is 3. The normalized spacial score (nSPS) is 11.4. The van der Waals surface area contributed by atoms with Crippen molar-refractivity contribution < 1.29 is 0 Å². The van der Waals surface area contributed by atoms with Gasteiger partial charge in [-0.25, -0.2) is 0 Å². The van der Waals surface area contributed by atoms with Gasteiger partial charge >= 0.3 is 0 Å². The van der Waals surface area contributed by atoms with Gasteiger partial charge in [0, 0.05) is 35.2 Å². The molecule has 102 valence electrons. The molecule has 0 aliphatic carbocycles. The molecule has 0 saturated carbocycles. The molecule has 1 aromatic carbocycles. The van der Waals surface area contributed by atoms with Crippen LogP contribution >= 0.6 is 11.6 Å². The highest BCUT2D eigenvalue weighted by Crippen LogP contribution is 2.25. The predicted molar refractivity (Wildman–Crippen MR) is 83.0 cm³/mol. The molecular formula is C16H16ClN3. The monoisotopic (exact) mass is 285 g/mol. The van der Waals surface area contributed by atoms with Crippen LogP contribution in [0.1, 0.15) is 5.69 Å². The lowest BCUT2D eigenvalue weighted by Crippen LogP contribution is -2.12. The predicted octanol–water partition coefficient (Wildman–Crippen LogP) is 3.72. The van der Waals surface area contributed by atoms with Gasteiger partial charge in [0.25, 0.3) is 0 Å². The molecule has 0 aliphatic heterocycles. The van der Waals surface area contributed by atoms with E-state index >= 15 is 0 Å². The Balaban J connectivity index is 2.12. The van der Waals surface area contributed by atoms with E-state index in [2.05, 4.69) is 40.5 Å². The summed E-state index contributed by atoms with van der Waals surface area (Å²) in [4.78, 5) is 6.68. The molecule has 0 bridgehead atoms. The van der Waals surface area contributed by atoms with Crippen LogP contribution in [0.2, 0.25) is 5.02 Å². The molecule has 0 N–H and O–H groups in total. The second kappa shape index (κ2) is 5.27. The molecule has 0 fully saturated rings. The summed E-state index contributed by atoms with van der Waals surface area (Å²) in [7, 11) is 4.14. The molecule has 20 heavy (non-hydrogen) atoms. The van der Waals surface area contributed by atoms with Gasteiger partial charge in [-0.05, 0) is 38.4 Å². The lowest BCUT2D eigenvalue weighted by atomic mass is 10.1. The summed E-state index contributed by atoms with van der Waals surface area (Å²) in [5.41, 5.74) is 4.43. The number of aromatic nitrogens is 2. The van der Waals surface area contributed by atoms with E-state index in [1.165, 1.54) is 5.69 Å². The summed E-state index contributed by atoms with van der Waals surface area (Å²) >= 11 is 5.95. The van der Waals surface area contributed by atoms with E-state index in [1.54, 1.807) is 0 Å². The Hall–Kier alpha value is -1.84. The summed E-state index contributed by atoms with van der Waals surface area (Å²) in [6, 6.07) is 12.1. The van der Waals surface area contributed by atoms with Gasteiger partial charge in [-0.3, -0.25) is 4.98 Å². The molecule has 0 atom stereocenters. The van der Waals surface area contributed by atoms with Crippen molar-refractivity contribution in [1.29, 1.82) is 0 Å². The number of fused-ring (bicyclic) bond motifs is 1. The molecule has 0 unspecified atom stereocenters. The highest BCUT2D eigenvalue weighted by atomic mass is 35.5. The first-order chi connectivity index (χ1) is 9.65. The van der Waals surface area contributed by atoms with E-state index in [-0.39, 0.29) is 0 Å². The maximum absolute atomic E-state index is 5.95. The lowest BCUT2D eigenvalue weighted by Gasteiger charge is -2.10. The molecule has 2 aromatic heterocycles. The number of halogens is 1. The minimum Gasteiger partial charge on any atom is -0.316 e. The molecule has 3 nitrogen and oxygen atoms in total. The Morgan fingerprint density at radius 1 is 1.10 bits per heavy atom. The Kier molecular flexibility index (Phi) is 3.47. The first kappa shape index (κ1) is 13.2. The fourth-order valence-electron chi connectivity index (χ4n) is 2.38. The number of nitrogens with zero attached hydrogens (tertiary/aromatic N) is 3. The van der Waals surface area contributed by atoms with Crippen LogP contribution in [0.4, 0.5) is 0 Å². The van der Waals surface area contributed by atoms with Gasteiger partial charge in [-0.15, -0.1) is 0 Å². The van der Waals surface area contributed by atoms with Crippen LogP contribution in [0.5, 0.6) is 0 Å². The van der Waals surface area contributed by atoms with Crippen molar-refractivity contribution >= 4 is 17.1 Å². The van der Waals surface area contributed by atoms with Crippen molar-refractivity contribution in [2.75, 3.05) is 14.1 Å². The van der Waals surface area contributed by atoms with Crippen molar-refractivity contribution in [3.05, 3.63) is 59.5 Å². The highest BCUT2D eigenvalue weighted by Gasteiger charge is 2.09. The summed E-state index contributed by atoms with van der Waals surface area (Å²) in [6.07, 6.45) is 3.85. The molecule has 0 spiro atoms. The SMILES string of the molecule is CN(C)Cc1ccc2c(-c3ccc(Cl)cc3)nccn12. The standard InChI is InChI=1S/C16H16ClN3/c1-19(2)11-14-7-8-15-16(18-9-10-20(14)15)12-3-5-13(17)6-4-12/h3-10H,11H2,1-2H3. The van der Waals surface area contributed by atoms with Gasteiger partial charge in [0.15, 0.2) is 0 Å². The Morgan fingerprint density at radius 2 is 1.85 bits per heavy atom. The molecule has 3 aromatic rings. The van der Waals surface area contributed by atoms with E-state index < -0.39 is 0 Å². The quantitative estimate of drug-likeness (QED) is 0.731.